The predicted octanol–water partition coefficient (Wildman–Crippen LogP) is 2.80. The first-order chi connectivity index (χ1) is 13.8. The number of benzene rings is 1. The standard InChI is InChI=1S/C18H19ClN4O6/c1-11-7-16(21-29-11)20-17(24)10-22(9-13-3-2-6-28-13)18(25)14-5-4-12(23(26)27)8-15(14)19/h4-5,7-8,13H,2-3,6,9-10H2,1H3,(H,20,21,24). The van der Waals surface area contributed by atoms with Crippen LogP contribution in [0.15, 0.2) is 28.8 Å². The Morgan fingerprint density at radius 1 is 1.41 bits per heavy atom. The van der Waals surface area contributed by atoms with Gasteiger partial charge in [0.2, 0.25) is 5.91 Å². The van der Waals surface area contributed by atoms with Crippen molar-refractivity contribution in [3.05, 3.63) is 50.7 Å². The van der Waals surface area contributed by atoms with Gasteiger partial charge in [0.1, 0.15) is 12.3 Å². The van der Waals surface area contributed by atoms with Gasteiger partial charge in [-0.1, -0.05) is 16.8 Å². The molecule has 1 aromatic heterocycles. The van der Waals surface area contributed by atoms with E-state index >= 15 is 0 Å². The van der Waals surface area contributed by atoms with Crippen LogP contribution in [-0.2, 0) is 9.53 Å². The van der Waals surface area contributed by atoms with Crippen LogP contribution in [0.5, 0.6) is 0 Å². The van der Waals surface area contributed by atoms with Gasteiger partial charge in [-0.05, 0) is 25.8 Å². The molecular weight excluding hydrogens is 404 g/mol. The van der Waals surface area contributed by atoms with Crippen LogP contribution in [0.3, 0.4) is 0 Å². The highest BCUT2D eigenvalue weighted by molar-refractivity contribution is 6.34. The molecule has 1 atom stereocenters. The van der Waals surface area contributed by atoms with Crippen LogP contribution >= 0.6 is 11.6 Å². The smallest absolute Gasteiger partial charge is 0.270 e. The molecule has 0 spiro atoms. The fourth-order valence-electron chi connectivity index (χ4n) is 3.00. The first-order valence-corrected chi connectivity index (χ1v) is 9.29. The fraction of sp³-hybridized carbons (Fsp3) is 0.389. The predicted molar refractivity (Wildman–Crippen MR) is 103 cm³/mol. The van der Waals surface area contributed by atoms with Gasteiger partial charge in [-0.3, -0.25) is 19.7 Å². The normalized spacial score (nSPS) is 15.9. The number of anilines is 1. The number of rotatable bonds is 7. The second kappa shape index (κ2) is 9.01. The maximum Gasteiger partial charge on any atom is 0.270 e. The summed E-state index contributed by atoms with van der Waals surface area (Å²) >= 11 is 6.09. The largest absolute Gasteiger partial charge is 0.376 e. The third-order valence-electron chi connectivity index (χ3n) is 4.36. The Balaban J connectivity index is 1.77. The fourth-order valence-corrected chi connectivity index (χ4v) is 3.25. The average molecular weight is 423 g/mol. The number of nitrogens with zero attached hydrogens (tertiary/aromatic N) is 3. The van der Waals surface area contributed by atoms with Gasteiger partial charge in [-0.25, -0.2) is 0 Å². The molecule has 2 aromatic rings. The van der Waals surface area contributed by atoms with Gasteiger partial charge < -0.3 is 19.5 Å². The quantitative estimate of drug-likeness (QED) is 0.536. The molecule has 2 amide bonds. The van der Waals surface area contributed by atoms with E-state index in [4.69, 9.17) is 20.9 Å². The Kier molecular flexibility index (Phi) is 6.45. The highest BCUT2D eigenvalue weighted by Gasteiger charge is 2.27. The molecule has 1 N–H and O–H groups in total. The number of hydrogen-bond donors (Lipinski definition) is 1. The molecule has 1 saturated heterocycles. The van der Waals surface area contributed by atoms with E-state index in [2.05, 4.69) is 10.5 Å². The molecule has 1 unspecified atom stereocenters. The molecule has 1 fully saturated rings. The molecular formula is C18H19ClN4O6. The first kappa shape index (κ1) is 20.7. The van der Waals surface area contributed by atoms with Crippen molar-refractivity contribution in [3.8, 4) is 0 Å². The lowest BCUT2D eigenvalue weighted by atomic mass is 10.1. The van der Waals surface area contributed by atoms with Crippen LogP contribution in [0.4, 0.5) is 11.5 Å². The van der Waals surface area contributed by atoms with Crippen molar-refractivity contribution in [1.82, 2.24) is 10.1 Å². The minimum absolute atomic E-state index is 0.0610. The lowest BCUT2D eigenvalue weighted by Gasteiger charge is -2.25. The first-order valence-electron chi connectivity index (χ1n) is 8.91. The summed E-state index contributed by atoms with van der Waals surface area (Å²) < 4.78 is 10.5. The molecule has 154 valence electrons. The van der Waals surface area contributed by atoms with Crippen LogP contribution < -0.4 is 5.32 Å². The molecule has 3 rings (SSSR count). The second-order valence-electron chi connectivity index (χ2n) is 6.61. The Labute approximate surface area is 170 Å². The Morgan fingerprint density at radius 3 is 2.79 bits per heavy atom. The summed E-state index contributed by atoms with van der Waals surface area (Å²) in [5.41, 5.74) is -0.156. The number of hydrogen-bond acceptors (Lipinski definition) is 7. The van der Waals surface area contributed by atoms with Crippen molar-refractivity contribution in [2.45, 2.75) is 25.9 Å². The summed E-state index contributed by atoms with van der Waals surface area (Å²) in [6.07, 6.45) is 1.44. The SMILES string of the molecule is Cc1cc(NC(=O)CN(CC2CCCO2)C(=O)c2ccc([N+](=O)[O-])cc2Cl)no1. The van der Waals surface area contributed by atoms with E-state index in [0.717, 1.165) is 18.9 Å². The van der Waals surface area contributed by atoms with Gasteiger partial charge >= 0.3 is 0 Å². The van der Waals surface area contributed by atoms with Crippen molar-refractivity contribution in [1.29, 1.82) is 0 Å². The van der Waals surface area contributed by atoms with E-state index in [9.17, 15) is 19.7 Å². The van der Waals surface area contributed by atoms with Crippen LogP contribution in [0.2, 0.25) is 5.02 Å². The van der Waals surface area contributed by atoms with Crippen LogP contribution in [-0.4, -0.2) is 52.6 Å². The molecule has 29 heavy (non-hydrogen) atoms. The van der Waals surface area contributed by atoms with Crippen molar-refractivity contribution in [3.63, 3.8) is 0 Å². The number of carbonyl (C=O) groups is 2. The van der Waals surface area contributed by atoms with Gasteiger partial charge in [-0.2, -0.15) is 0 Å². The number of halogens is 1. The zero-order chi connectivity index (χ0) is 21.0. The number of non-ortho nitro benzene ring substituents is 1. The summed E-state index contributed by atoms with van der Waals surface area (Å²) in [5.74, 6) is -0.217. The van der Waals surface area contributed by atoms with Crippen molar-refractivity contribution >= 4 is 34.9 Å². The number of ether oxygens (including phenoxy) is 1. The van der Waals surface area contributed by atoms with Gasteiger partial charge in [0, 0.05) is 31.4 Å². The van der Waals surface area contributed by atoms with E-state index in [1.807, 2.05) is 0 Å². The third kappa shape index (κ3) is 5.30. The van der Waals surface area contributed by atoms with E-state index in [1.165, 1.54) is 17.0 Å². The van der Waals surface area contributed by atoms with Gasteiger partial charge in [0.15, 0.2) is 5.82 Å². The summed E-state index contributed by atoms with van der Waals surface area (Å²) in [6.45, 7) is 2.21. The van der Waals surface area contributed by atoms with Gasteiger partial charge in [-0.15, -0.1) is 0 Å². The molecule has 1 aliphatic heterocycles. The van der Waals surface area contributed by atoms with E-state index in [-0.39, 0.29) is 41.3 Å². The lowest BCUT2D eigenvalue weighted by molar-refractivity contribution is -0.384. The molecule has 0 saturated carbocycles. The third-order valence-corrected chi connectivity index (χ3v) is 4.67. The number of amides is 2. The highest BCUT2D eigenvalue weighted by Crippen LogP contribution is 2.24. The molecule has 1 aliphatic rings. The van der Waals surface area contributed by atoms with Gasteiger partial charge in [0.25, 0.3) is 11.6 Å². The van der Waals surface area contributed by atoms with E-state index < -0.39 is 16.7 Å². The Hall–Kier alpha value is -2.98. The summed E-state index contributed by atoms with van der Waals surface area (Å²) in [6, 6.07) is 5.14. The van der Waals surface area contributed by atoms with Crippen LogP contribution in [0.25, 0.3) is 0 Å². The number of nitrogens with one attached hydrogen (secondary N) is 1. The summed E-state index contributed by atoms with van der Waals surface area (Å²) in [5, 5.41) is 17.1. The Bertz CT molecular complexity index is 925. The highest BCUT2D eigenvalue weighted by atomic mass is 35.5. The maximum atomic E-state index is 13.0. The molecule has 11 heteroatoms. The van der Waals surface area contributed by atoms with Crippen LogP contribution in [0, 0.1) is 17.0 Å². The summed E-state index contributed by atoms with van der Waals surface area (Å²) in [7, 11) is 0. The molecule has 2 heterocycles. The average Bonchev–Trinajstić information content (AvgIpc) is 3.32. The molecule has 0 aliphatic carbocycles. The van der Waals surface area contributed by atoms with Gasteiger partial charge in [0.05, 0.1) is 21.6 Å². The zero-order valence-corrected chi connectivity index (χ0v) is 16.3. The maximum absolute atomic E-state index is 13.0. The van der Waals surface area contributed by atoms with Crippen molar-refractivity contribution in [2.75, 3.05) is 25.0 Å². The minimum Gasteiger partial charge on any atom is -0.376 e. The van der Waals surface area contributed by atoms with Crippen LogP contribution in [0.1, 0.15) is 29.0 Å². The molecule has 1 aromatic carbocycles. The monoisotopic (exact) mass is 422 g/mol. The van der Waals surface area contributed by atoms with E-state index in [0.29, 0.717) is 12.4 Å². The molecule has 0 radical (unpaired) electrons. The zero-order valence-electron chi connectivity index (χ0n) is 15.6. The topological polar surface area (TPSA) is 128 Å². The number of aromatic nitrogens is 1. The van der Waals surface area contributed by atoms with E-state index in [1.54, 1.807) is 13.0 Å². The van der Waals surface area contributed by atoms with Crippen molar-refractivity contribution < 1.29 is 23.8 Å². The second-order valence-corrected chi connectivity index (χ2v) is 7.02. The van der Waals surface area contributed by atoms with Crippen molar-refractivity contribution in [2.24, 2.45) is 0 Å². The number of aryl methyl sites for hydroxylation is 1. The number of nitro benzene ring substituents is 1. The summed E-state index contributed by atoms with van der Waals surface area (Å²) in [4.78, 5) is 37.0. The molecule has 0 bridgehead atoms. The molecule has 10 nitrogen and oxygen atoms in total. The number of nitro groups is 1. The number of carbonyl (C=O) groups excluding carboxylic acids is 2. The Morgan fingerprint density at radius 2 is 2.21 bits per heavy atom. The lowest BCUT2D eigenvalue weighted by Crippen LogP contribution is -2.42. The minimum atomic E-state index is -0.600.